The Balaban J connectivity index is 2.83. The van der Waals surface area contributed by atoms with Gasteiger partial charge in [-0.3, -0.25) is 0 Å². The molecule has 0 aromatic heterocycles. The van der Waals surface area contributed by atoms with Crippen LogP contribution in [0.2, 0.25) is 0 Å². The maximum absolute atomic E-state index is 9.62. The zero-order valence-electron chi connectivity index (χ0n) is 7.20. The number of aliphatic hydroxyl groups is 2. The summed E-state index contributed by atoms with van der Waals surface area (Å²) in [5, 5.41) is 18.5. The lowest BCUT2D eigenvalue weighted by atomic mass is 9.79. The summed E-state index contributed by atoms with van der Waals surface area (Å²) >= 11 is 0. The van der Waals surface area contributed by atoms with Crippen molar-refractivity contribution < 1.29 is 10.2 Å². The Kier molecular flexibility index (Phi) is 3.12. The Morgan fingerprint density at radius 3 is 2.75 bits per heavy atom. The maximum Gasteiger partial charge on any atom is 0.113 e. The van der Waals surface area contributed by atoms with E-state index in [2.05, 4.69) is 0 Å². The molecule has 0 aromatic rings. The average molecular weight is 164 g/mol. The third-order valence-electron chi connectivity index (χ3n) is 2.20. The number of aliphatic hydroxyl groups excluding tert-OH is 2. The van der Waals surface area contributed by atoms with E-state index in [-0.39, 0.29) is 12.5 Å². The Morgan fingerprint density at radius 2 is 2.25 bits per heavy atom. The normalized spacial score (nSPS) is 29.6. The van der Waals surface area contributed by atoms with Gasteiger partial charge in [-0.15, -0.1) is 5.47 Å². The van der Waals surface area contributed by atoms with Crippen molar-refractivity contribution in [2.45, 2.75) is 19.4 Å². The van der Waals surface area contributed by atoms with Crippen LogP contribution in [0.25, 0.3) is 0 Å². The first-order valence-corrected chi connectivity index (χ1v) is 4.15. The molecule has 0 heterocycles. The second-order valence-corrected chi connectivity index (χ2v) is 3.06. The third-order valence-corrected chi connectivity index (χ3v) is 2.20. The largest absolute Gasteiger partial charge is 0.392 e. The molecule has 1 aliphatic carbocycles. The van der Waals surface area contributed by atoms with Gasteiger partial charge in [-0.25, -0.2) is 0 Å². The van der Waals surface area contributed by atoms with E-state index in [1.54, 1.807) is 6.08 Å². The zero-order chi connectivity index (χ0) is 9.14. The van der Waals surface area contributed by atoms with Crippen LogP contribution in [-0.4, -0.2) is 30.8 Å². The van der Waals surface area contributed by atoms with Crippen LogP contribution < -0.4 is 0 Å². The summed E-state index contributed by atoms with van der Waals surface area (Å²) in [6.45, 7) is 1.87. The molecule has 2 unspecified atom stereocenters. The highest BCUT2D eigenvalue weighted by molar-refractivity contribution is 6.23. The molecule has 0 amide bonds. The van der Waals surface area contributed by atoms with Gasteiger partial charge in [0, 0.05) is 5.92 Å². The van der Waals surface area contributed by atoms with Crippen molar-refractivity contribution in [2.24, 2.45) is 5.92 Å². The van der Waals surface area contributed by atoms with Crippen molar-refractivity contribution in [3.63, 3.8) is 0 Å². The van der Waals surface area contributed by atoms with Crippen molar-refractivity contribution in [1.29, 1.82) is 0 Å². The van der Waals surface area contributed by atoms with E-state index in [4.69, 9.17) is 13.0 Å². The van der Waals surface area contributed by atoms with E-state index in [1.165, 1.54) is 0 Å². The van der Waals surface area contributed by atoms with Gasteiger partial charge in [0.15, 0.2) is 0 Å². The molecule has 0 aromatic carbocycles. The number of rotatable bonds is 2. The lowest BCUT2D eigenvalue weighted by molar-refractivity contribution is 0.143. The molecule has 1 aliphatic rings. The first kappa shape index (κ1) is 9.55. The van der Waals surface area contributed by atoms with Crippen LogP contribution in [0, 0.1) is 5.92 Å². The van der Waals surface area contributed by atoms with Crippen LogP contribution in [0.3, 0.4) is 0 Å². The first-order valence-electron chi connectivity index (χ1n) is 4.15. The minimum atomic E-state index is -0.563. The Hall–Kier alpha value is -0.535. The van der Waals surface area contributed by atoms with E-state index in [0.717, 1.165) is 6.42 Å². The van der Waals surface area contributed by atoms with Crippen LogP contribution in [0.1, 0.15) is 13.3 Å². The second-order valence-electron chi connectivity index (χ2n) is 3.06. The molecule has 0 bridgehead atoms. The van der Waals surface area contributed by atoms with Crippen LogP contribution in [0.15, 0.2) is 23.2 Å². The van der Waals surface area contributed by atoms with Gasteiger partial charge >= 0.3 is 0 Å². The Bertz CT molecular complexity index is 221. The Labute approximate surface area is 74.0 Å². The standard InChI is InChI=1S/C9H13BO2/c1-2-6-3-8(10)4-7(5-11)9(6)12/h3-4,6,9,11-12H,2,5H2,1H3. The molecule has 2 radical (unpaired) electrons. The molecular formula is C9H13BO2. The quantitative estimate of drug-likeness (QED) is 0.578. The highest BCUT2D eigenvalue weighted by atomic mass is 16.3. The monoisotopic (exact) mass is 164 g/mol. The van der Waals surface area contributed by atoms with Crippen LogP contribution in [0.4, 0.5) is 0 Å². The molecular weight excluding hydrogens is 151 g/mol. The number of hydrogen-bond donors (Lipinski definition) is 2. The van der Waals surface area contributed by atoms with Crippen LogP contribution >= 0.6 is 0 Å². The smallest absolute Gasteiger partial charge is 0.113 e. The lowest BCUT2D eigenvalue weighted by Crippen LogP contribution is -2.25. The predicted molar refractivity (Wildman–Crippen MR) is 48.8 cm³/mol. The fraction of sp³-hybridized carbons (Fsp3) is 0.556. The summed E-state index contributed by atoms with van der Waals surface area (Å²) in [6.07, 6.45) is 3.74. The van der Waals surface area contributed by atoms with Crippen molar-refractivity contribution in [3.8, 4) is 0 Å². The average Bonchev–Trinajstić information content (AvgIpc) is 2.08. The highest BCUT2D eigenvalue weighted by Gasteiger charge is 2.21. The van der Waals surface area contributed by atoms with Gasteiger partial charge in [-0.2, -0.15) is 0 Å². The van der Waals surface area contributed by atoms with Gasteiger partial charge in [-0.05, 0) is 12.0 Å². The summed E-state index contributed by atoms with van der Waals surface area (Å²) < 4.78 is 0. The van der Waals surface area contributed by atoms with Gasteiger partial charge in [0.2, 0.25) is 0 Å². The predicted octanol–water partition coefficient (Wildman–Crippen LogP) is 0.358. The molecule has 3 heteroatoms. The summed E-state index contributed by atoms with van der Waals surface area (Å²) in [5.41, 5.74) is 1.25. The second kappa shape index (κ2) is 3.92. The third kappa shape index (κ3) is 1.79. The topological polar surface area (TPSA) is 40.5 Å². The maximum atomic E-state index is 9.62. The summed E-state index contributed by atoms with van der Waals surface area (Å²) in [6, 6.07) is 0. The molecule has 0 aliphatic heterocycles. The minimum absolute atomic E-state index is 0.0529. The minimum Gasteiger partial charge on any atom is -0.392 e. The molecule has 12 heavy (non-hydrogen) atoms. The SMILES string of the molecule is [B]C1=CC(CC)C(O)C(CO)=C1. The molecule has 0 spiro atoms. The molecule has 1 rings (SSSR count). The fourth-order valence-corrected chi connectivity index (χ4v) is 1.44. The summed E-state index contributed by atoms with van der Waals surface area (Å²) in [5.74, 6) is 0.0529. The van der Waals surface area contributed by atoms with Crippen molar-refractivity contribution >= 4 is 7.85 Å². The van der Waals surface area contributed by atoms with Gasteiger partial charge in [0.1, 0.15) is 7.85 Å². The van der Waals surface area contributed by atoms with Gasteiger partial charge in [0.05, 0.1) is 12.7 Å². The number of allylic oxidation sites excluding steroid dienone is 2. The Morgan fingerprint density at radius 1 is 1.58 bits per heavy atom. The van der Waals surface area contributed by atoms with E-state index < -0.39 is 6.10 Å². The van der Waals surface area contributed by atoms with Crippen molar-refractivity contribution in [2.75, 3.05) is 6.61 Å². The molecule has 64 valence electrons. The zero-order valence-corrected chi connectivity index (χ0v) is 7.20. The lowest BCUT2D eigenvalue weighted by Gasteiger charge is -2.25. The van der Waals surface area contributed by atoms with Crippen molar-refractivity contribution in [3.05, 3.63) is 23.2 Å². The first-order chi connectivity index (χ1) is 5.69. The van der Waals surface area contributed by atoms with Crippen LogP contribution in [0.5, 0.6) is 0 Å². The van der Waals surface area contributed by atoms with Crippen molar-refractivity contribution in [1.82, 2.24) is 0 Å². The van der Waals surface area contributed by atoms with Gasteiger partial charge in [0.25, 0.3) is 0 Å². The van der Waals surface area contributed by atoms with Crippen LogP contribution in [-0.2, 0) is 0 Å². The van der Waals surface area contributed by atoms with E-state index in [9.17, 15) is 5.11 Å². The van der Waals surface area contributed by atoms with E-state index >= 15 is 0 Å². The van der Waals surface area contributed by atoms with Gasteiger partial charge in [-0.1, -0.05) is 19.1 Å². The highest BCUT2D eigenvalue weighted by Crippen LogP contribution is 2.24. The summed E-state index contributed by atoms with van der Waals surface area (Å²) in [7, 11) is 5.59. The molecule has 0 fully saturated rings. The number of hydrogen-bond acceptors (Lipinski definition) is 2. The van der Waals surface area contributed by atoms with Gasteiger partial charge < -0.3 is 10.2 Å². The molecule has 0 saturated heterocycles. The molecule has 2 N–H and O–H groups in total. The van der Waals surface area contributed by atoms with E-state index in [1.807, 2.05) is 13.0 Å². The van der Waals surface area contributed by atoms with E-state index in [0.29, 0.717) is 11.0 Å². The molecule has 2 nitrogen and oxygen atoms in total. The molecule has 0 saturated carbocycles. The summed E-state index contributed by atoms with van der Waals surface area (Å²) in [4.78, 5) is 0. The fourth-order valence-electron chi connectivity index (χ4n) is 1.44. The molecule has 2 atom stereocenters.